The van der Waals surface area contributed by atoms with E-state index in [9.17, 15) is 8.42 Å². The number of thiophene rings is 1. The van der Waals surface area contributed by atoms with Gasteiger partial charge in [-0.25, -0.2) is 13.1 Å². The highest BCUT2D eigenvalue weighted by atomic mass is 32.2. The van der Waals surface area contributed by atoms with E-state index in [1.165, 1.54) is 11.3 Å². The van der Waals surface area contributed by atoms with Gasteiger partial charge in [-0.1, -0.05) is 24.3 Å². The maximum atomic E-state index is 12.1. The molecular formula is C18H22N4O3S2. The fourth-order valence-corrected chi connectivity index (χ4v) is 4.61. The van der Waals surface area contributed by atoms with Crippen LogP contribution >= 0.6 is 11.3 Å². The van der Waals surface area contributed by atoms with Crippen LogP contribution in [0.2, 0.25) is 0 Å². The Bertz CT molecular complexity index is 977. The van der Waals surface area contributed by atoms with E-state index in [2.05, 4.69) is 20.3 Å². The normalized spacial score (nSPS) is 13.6. The molecule has 9 heteroatoms. The molecule has 144 valence electrons. The molecule has 0 radical (unpaired) electrons. The molecule has 0 saturated heterocycles. The minimum absolute atomic E-state index is 0.0913. The van der Waals surface area contributed by atoms with E-state index >= 15 is 0 Å². The van der Waals surface area contributed by atoms with E-state index in [1.807, 2.05) is 37.3 Å². The minimum atomic E-state index is -3.45. The van der Waals surface area contributed by atoms with Gasteiger partial charge in [0.05, 0.1) is 6.04 Å². The Morgan fingerprint density at radius 2 is 2.04 bits per heavy atom. The van der Waals surface area contributed by atoms with Crippen LogP contribution in [0.3, 0.4) is 0 Å². The zero-order valence-electron chi connectivity index (χ0n) is 15.1. The number of furan rings is 1. The van der Waals surface area contributed by atoms with E-state index in [1.54, 1.807) is 24.6 Å². The van der Waals surface area contributed by atoms with Gasteiger partial charge in [0.1, 0.15) is 15.6 Å². The van der Waals surface area contributed by atoms with Gasteiger partial charge in [0.25, 0.3) is 0 Å². The molecule has 0 spiro atoms. The summed E-state index contributed by atoms with van der Waals surface area (Å²) in [7, 11) is -1.79. The third-order valence-corrected chi connectivity index (χ3v) is 6.78. The summed E-state index contributed by atoms with van der Waals surface area (Å²) in [6.45, 7) is 2.63. The van der Waals surface area contributed by atoms with Gasteiger partial charge in [-0.3, -0.25) is 4.99 Å². The molecule has 2 aromatic heterocycles. The molecule has 27 heavy (non-hydrogen) atoms. The van der Waals surface area contributed by atoms with Crippen molar-refractivity contribution in [1.82, 2.24) is 15.4 Å². The van der Waals surface area contributed by atoms with Crippen LogP contribution in [0.15, 0.2) is 61.5 Å². The first-order chi connectivity index (χ1) is 13.0. The molecule has 0 amide bonds. The number of guanidine groups is 1. The lowest BCUT2D eigenvalue weighted by molar-refractivity contribution is 0.488. The summed E-state index contributed by atoms with van der Waals surface area (Å²) in [6, 6.07) is 13.0. The Hall–Kier alpha value is -2.36. The van der Waals surface area contributed by atoms with Crippen LogP contribution in [0.1, 0.15) is 18.7 Å². The van der Waals surface area contributed by atoms with Crippen molar-refractivity contribution in [2.75, 3.05) is 20.1 Å². The van der Waals surface area contributed by atoms with E-state index in [0.717, 1.165) is 16.7 Å². The molecule has 7 nitrogen and oxygen atoms in total. The highest BCUT2D eigenvalue weighted by molar-refractivity contribution is 7.91. The van der Waals surface area contributed by atoms with E-state index in [0.29, 0.717) is 16.7 Å². The van der Waals surface area contributed by atoms with Gasteiger partial charge in [0.15, 0.2) is 5.96 Å². The first-order valence-electron chi connectivity index (χ1n) is 8.48. The van der Waals surface area contributed by atoms with Crippen molar-refractivity contribution < 1.29 is 12.8 Å². The number of rotatable bonds is 7. The van der Waals surface area contributed by atoms with Crippen LogP contribution < -0.4 is 15.4 Å². The van der Waals surface area contributed by atoms with Crippen molar-refractivity contribution in [3.05, 3.63) is 53.6 Å². The van der Waals surface area contributed by atoms with Crippen molar-refractivity contribution in [2.24, 2.45) is 4.99 Å². The number of para-hydroxylation sites is 1. The lowest BCUT2D eigenvalue weighted by atomic mass is 10.2. The number of nitrogens with one attached hydrogen (secondary N) is 3. The maximum absolute atomic E-state index is 12.1. The fourth-order valence-electron chi connectivity index (χ4n) is 2.54. The standard InChI is InChI=1S/C18H22N4O3S2/c1-13(16-12-14-6-3-4-7-15(14)25-16)22-18(19-2)20-9-10-21-27(23,24)17-8-5-11-26-17/h3-8,11-13,21H,9-10H2,1-2H3,(H2,19,20,22). The van der Waals surface area contributed by atoms with Crippen molar-refractivity contribution >= 4 is 38.3 Å². The van der Waals surface area contributed by atoms with Crippen LogP contribution in [0.5, 0.6) is 0 Å². The Kier molecular flexibility index (Phi) is 6.15. The molecule has 2 heterocycles. The molecule has 1 unspecified atom stereocenters. The zero-order chi connectivity index (χ0) is 19.3. The number of nitrogens with zero attached hydrogens (tertiary/aromatic N) is 1. The summed E-state index contributed by atoms with van der Waals surface area (Å²) >= 11 is 1.19. The van der Waals surface area contributed by atoms with Gasteiger partial charge in [-0.2, -0.15) is 0 Å². The monoisotopic (exact) mass is 406 g/mol. The second-order valence-electron chi connectivity index (χ2n) is 5.88. The van der Waals surface area contributed by atoms with Gasteiger partial charge in [0.2, 0.25) is 10.0 Å². The maximum Gasteiger partial charge on any atom is 0.250 e. The molecule has 0 bridgehead atoms. The van der Waals surface area contributed by atoms with Crippen LogP contribution in [0.4, 0.5) is 0 Å². The van der Waals surface area contributed by atoms with Gasteiger partial charge in [-0.15, -0.1) is 11.3 Å². The van der Waals surface area contributed by atoms with Crippen LogP contribution in [0.25, 0.3) is 11.0 Å². The van der Waals surface area contributed by atoms with Gasteiger partial charge in [-0.05, 0) is 30.5 Å². The van der Waals surface area contributed by atoms with Crippen molar-refractivity contribution in [3.63, 3.8) is 0 Å². The second-order valence-corrected chi connectivity index (χ2v) is 8.82. The summed E-state index contributed by atoms with van der Waals surface area (Å²) in [6.07, 6.45) is 0. The molecule has 0 saturated carbocycles. The predicted molar refractivity (Wildman–Crippen MR) is 109 cm³/mol. The number of fused-ring (bicyclic) bond motifs is 1. The second kappa shape index (κ2) is 8.55. The number of hydrogen-bond acceptors (Lipinski definition) is 5. The van der Waals surface area contributed by atoms with Gasteiger partial charge >= 0.3 is 0 Å². The molecule has 0 aliphatic heterocycles. The molecular weight excluding hydrogens is 384 g/mol. The van der Waals surface area contributed by atoms with E-state index in [4.69, 9.17) is 4.42 Å². The Labute approximate surface area is 162 Å². The fraction of sp³-hybridized carbons (Fsp3) is 0.278. The third kappa shape index (κ3) is 4.88. The Balaban J connectivity index is 1.50. The number of aliphatic imine (C=N–C) groups is 1. The van der Waals surface area contributed by atoms with E-state index < -0.39 is 10.0 Å². The highest BCUT2D eigenvalue weighted by Crippen LogP contribution is 2.23. The smallest absolute Gasteiger partial charge is 0.250 e. The first kappa shape index (κ1) is 19.4. The SMILES string of the molecule is CN=C(NCCNS(=O)(=O)c1cccs1)NC(C)c1cc2ccccc2o1. The lowest BCUT2D eigenvalue weighted by Crippen LogP contribution is -2.42. The topological polar surface area (TPSA) is 95.7 Å². The quantitative estimate of drug-likeness (QED) is 0.319. The number of hydrogen-bond donors (Lipinski definition) is 3. The summed E-state index contributed by atoms with van der Waals surface area (Å²) in [5, 5.41) is 9.12. The molecule has 3 N–H and O–H groups in total. The molecule has 1 aromatic carbocycles. The largest absolute Gasteiger partial charge is 0.459 e. The molecule has 1 atom stereocenters. The summed E-state index contributed by atoms with van der Waals surface area (Å²) in [4.78, 5) is 4.17. The van der Waals surface area contributed by atoms with Crippen LogP contribution in [-0.4, -0.2) is 34.5 Å². The molecule has 0 fully saturated rings. The van der Waals surface area contributed by atoms with Crippen molar-refractivity contribution in [2.45, 2.75) is 17.2 Å². The predicted octanol–water partition coefficient (Wildman–Crippen LogP) is 2.70. The minimum Gasteiger partial charge on any atom is -0.459 e. The van der Waals surface area contributed by atoms with Gasteiger partial charge < -0.3 is 15.1 Å². The number of benzene rings is 1. The highest BCUT2D eigenvalue weighted by Gasteiger charge is 2.15. The van der Waals surface area contributed by atoms with Crippen molar-refractivity contribution in [1.29, 1.82) is 0 Å². The van der Waals surface area contributed by atoms with Crippen LogP contribution in [-0.2, 0) is 10.0 Å². The molecule has 3 aromatic rings. The Morgan fingerprint density at radius 1 is 1.22 bits per heavy atom. The summed E-state index contributed by atoms with van der Waals surface area (Å²) in [5.74, 6) is 1.37. The number of sulfonamides is 1. The Morgan fingerprint density at radius 3 is 2.74 bits per heavy atom. The summed E-state index contributed by atoms with van der Waals surface area (Å²) in [5.41, 5.74) is 0.840. The van der Waals surface area contributed by atoms with Gasteiger partial charge in [0, 0.05) is 25.5 Å². The van der Waals surface area contributed by atoms with Crippen molar-refractivity contribution in [3.8, 4) is 0 Å². The van der Waals surface area contributed by atoms with Crippen LogP contribution in [0, 0.1) is 0 Å². The third-order valence-electron chi connectivity index (χ3n) is 3.92. The first-order valence-corrected chi connectivity index (χ1v) is 10.8. The van der Waals surface area contributed by atoms with E-state index in [-0.39, 0.29) is 12.6 Å². The molecule has 3 rings (SSSR count). The summed E-state index contributed by atoms with van der Waals surface area (Å²) < 4.78 is 32.9. The molecule has 0 aliphatic rings. The lowest BCUT2D eigenvalue weighted by Gasteiger charge is -2.16. The average molecular weight is 407 g/mol. The average Bonchev–Trinajstić information content (AvgIpc) is 3.34. The molecule has 0 aliphatic carbocycles. The zero-order valence-corrected chi connectivity index (χ0v) is 16.7.